The van der Waals surface area contributed by atoms with Crippen LogP contribution in [0.1, 0.15) is 35.2 Å². The second kappa shape index (κ2) is 10.5. The predicted octanol–water partition coefficient (Wildman–Crippen LogP) is 3.09. The van der Waals surface area contributed by atoms with Crippen molar-refractivity contribution in [2.24, 2.45) is 0 Å². The van der Waals surface area contributed by atoms with Crippen molar-refractivity contribution >= 4 is 39.0 Å². The van der Waals surface area contributed by atoms with E-state index in [-0.39, 0.29) is 11.6 Å². The summed E-state index contributed by atoms with van der Waals surface area (Å²) in [5.41, 5.74) is 1.43. The maximum absolute atomic E-state index is 13.5. The Balaban J connectivity index is 1.78. The number of piperidine rings is 1. The second-order valence-corrected chi connectivity index (χ2v) is 10.8. The zero-order valence-corrected chi connectivity index (χ0v) is 21.4. The molecule has 2 amide bonds. The SMILES string of the molecule is COc1ccc(C(=O)N/C(=C\c2cn(S(=O)(=O)N(C)C)c3ccccc23)C(=O)N2CCCCC2)cc1. The van der Waals surface area contributed by atoms with Crippen LogP contribution in [-0.2, 0) is 15.0 Å². The van der Waals surface area contributed by atoms with Gasteiger partial charge in [-0.25, -0.2) is 3.97 Å². The zero-order chi connectivity index (χ0) is 25.9. The lowest BCUT2D eigenvalue weighted by Crippen LogP contribution is -2.41. The number of aromatic nitrogens is 1. The summed E-state index contributed by atoms with van der Waals surface area (Å²) in [6, 6.07) is 13.6. The molecule has 0 saturated carbocycles. The highest BCUT2D eigenvalue weighted by atomic mass is 32.2. The van der Waals surface area contributed by atoms with Gasteiger partial charge in [0, 0.05) is 49.9 Å². The van der Waals surface area contributed by atoms with Crippen LogP contribution in [0.2, 0.25) is 0 Å². The maximum atomic E-state index is 13.5. The molecule has 190 valence electrons. The van der Waals surface area contributed by atoms with Gasteiger partial charge in [0.1, 0.15) is 11.4 Å². The van der Waals surface area contributed by atoms with Crippen molar-refractivity contribution < 1.29 is 22.7 Å². The van der Waals surface area contributed by atoms with Gasteiger partial charge < -0.3 is 15.0 Å². The van der Waals surface area contributed by atoms with Gasteiger partial charge in [0.2, 0.25) is 0 Å². The third-order valence-corrected chi connectivity index (χ3v) is 7.91. The number of para-hydroxylation sites is 1. The first-order valence-corrected chi connectivity index (χ1v) is 13.1. The fraction of sp³-hybridized carbons (Fsp3) is 0.308. The molecule has 1 aliphatic rings. The summed E-state index contributed by atoms with van der Waals surface area (Å²) in [4.78, 5) is 28.3. The number of nitrogens with one attached hydrogen (secondary N) is 1. The average Bonchev–Trinajstić information content (AvgIpc) is 3.27. The summed E-state index contributed by atoms with van der Waals surface area (Å²) < 4.78 is 33.4. The van der Waals surface area contributed by atoms with Crippen molar-refractivity contribution in [3.8, 4) is 5.75 Å². The zero-order valence-electron chi connectivity index (χ0n) is 20.6. The molecule has 2 aromatic carbocycles. The lowest BCUT2D eigenvalue weighted by Gasteiger charge is -2.27. The highest BCUT2D eigenvalue weighted by Gasteiger charge is 2.25. The lowest BCUT2D eigenvalue weighted by molar-refractivity contribution is -0.128. The average molecular weight is 511 g/mol. The summed E-state index contributed by atoms with van der Waals surface area (Å²) in [6.45, 7) is 1.21. The molecule has 36 heavy (non-hydrogen) atoms. The van der Waals surface area contributed by atoms with E-state index in [0.717, 1.165) is 23.6 Å². The van der Waals surface area contributed by atoms with Crippen molar-refractivity contribution in [1.82, 2.24) is 18.5 Å². The van der Waals surface area contributed by atoms with Gasteiger partial charge in [-0.2, -0.15) is 12.7 Å². The molecule has 0 radical (unpaired) electrons. The van der Waals surface area contributed by atoms with Crippen LogP contribution in [-0.4, -0.2) is 67.7 Å². The number of nitrogens with zero attached hydrogens (tertiary/aromatic N) is 3. The monoisotopic (exact) mass is 510 g/mol. The Kier molecular flexibility index (Phi) is 7.46. The van der Waals surface area contributed by atoms with Gasteiger partial charge in [-0.05, 0) is 55.7 Å². The maximum Gasteiger partial charge on any atom is 0.307 e. The summed E-state index contributed by atoms with van der Waals surface area (Å²) in [7, 11) is 0.653. The predicted molar refractivity (Wildman–Crippen MR) is 139 cm³/mol. The summed E-state index contributed by atoms with van der Waals surface area (Å²) >= 11 is 0. The number of fused-ring (bicyclic) bond motifs is 1. The summed E-state index contributed by atoms with van der Waals surface area (Å²) in [6.07, 6.45) is 5.87. The minimum Gasteiger partial charge on any atom is -0.497 e. The van der Waals surface area contributed by atoms with E-state index in [2.05, 4.69) is 5.32 Å². The van der Waals surface area contributed by atoms with Gasteiger partial charge in [0.05, 0.1) is 12.6 Å². The molecule has 4 rings (SSSR count). The number of amides is 2. The van der Waals surface area contributed by atoms with Gasteiger partial charge in [0.25, 0.3) is 11.8 Å². The van der Waals surface area contributed by atoms with Crippen molar-refractivity contribution in [3.63, 3.8) is 0 Å². The van der Waals surface area contributed by atoms with E-state index in [9.17, 15) is 18.0 Å². The van der Waals surface area contributed by atoms with Crippen LogP contribution < -0.4 is 10.1 Å². The molecule has 1 saturated heterocycles. The second-order valence-electron chi connectivity index (χ2n) is 8.78. The number of benzene rings is 2. The van der Waals surface area contributed by atoms with Crippen LogP contribution in [0.3, 0.4) is 0 Å². The van der Waals surface area contributed by atoms with E-state index in [0.29, 0.717) is 40.9 Å². The first-order valence-electron chi connectivity index (χ1n) is 11.7. The fourth-order valence-electron chi connectivity index (χ4n) is 4.17. The Hall–Kier alpha value is -3.63. The van der Waals surface area contributed by atoms with Gasteiger partial charge >= 0.3 is 10.2 Å². The topological polar surface area (TPSA) is 101 Å². The number of ether oxygens (including phenoxy) is 1. The summed E-state index contributed by atoms with van der Waals surface area (Å²) in [5, 5.41) is 3.42. The summed E-state index contributed by atoms with van der Waals surface area (Å²) in [5.74, 6) is -0.135. The Labute approximate surface area is 211 Å². The third-order valence-electron chi connectivity index (χ3n) is 6.19. The minimum absolute atomic E-state index is 0.0860. The molecule has 0 atom stereocenters. The Bertz CT molecular complexity index is 1400. The molecule has 0 spiro atoms. The fourth-order valence-corrected chi connectivity index (χ4v) is 5.17. The standard InChI is InChI=1S/C26H30N4O5S/c1-28(2)36(33,34)30-18-20(22-9-5-6-10-24(22)30)17-23(26(32)29-15-7-4-8-16-29)27-25(31)19-11-13-21(35-3)14-12-19/h5-6,9-14,17-18H,4,7-8,15-16H2,1-3H3,(H,27,31)/b23-17-. The smallest absolute Gasteiger partial charge is 0.307 e. The molecular weight excluding hydrogens is 480 g/mol. The van der Waals surface area contributed by atoms with Gasteiger partial charge in [-0.15, -0.1) is 0 Å². The van der Waals surface area contributed by atoms with E-state index in [4.69, 9.17) is 4.74 Å². The van der Waals surface area contributed by atoms with Crippen molar-refractivity contribution in [2.45, 2.75) is 19.3 Å². The van der Waals surface area contributed by atoms with Crippen LogP contribution in [0.15, 0.2) is 60.4 Å². The molecule has 10 heteroatoms. The first kappa shape index (κ1) is 25.5. The minimum atomic E-state index is -3.81. The Morgan fingerprint density at radius 1 is 1.00 bits per heavy atom. The normalized spacial score (nSPS) is 14.8. The Morgan fingerprint density at radius 2 is 1.67 bits per heavy atom. The van der Waals surface area contributed by atoms with E-state index in [1.165, 1.54) is 24.3 Å². The molecule has 0 unspecified atom stereocenters. The van der Waals surface area contributed by atoms with Crippen LogP contribution in [0.25, 0.3) is 17.0 Å². The first-order chi connectivity index (χ1) is 17.2. The van der Waals surface area contributed by atoms with Gasteiger partial charge in [0.15, 0.2) is 0 Å². The number of methoxy groups -OCH3 is 1. The number of likely N-dealkylation sites (tertiary alicyclic amines) is 1. The third kappa shape index (κ3) is 5.14. The highest BCUT2D eigenvalue weighted by Crippen LogP contribution is 2.26. The van der Waals surface area contributed by atoms with E-state index >= 15 is 0 Å². The van der Waals surface area contributed by atoms with Crippen LogP contribution in [0, 0.1) is 0 Å². The van der Waals surface area contributed by atoms with E-state index < -0.39 is 16.1 Å². The molecule has 1 aliphatic heterocycles. The van der Waals surface area contributed by atoms with Crippen LogP contribution in [0.4, 0.5) is 0 Å². The molecule has 1 aromatic heterocycles. The molecule has 2 heterocycles. The van der Waals surface area contributed by atoms with E-state index in [1.807, 2.05) is 0 Å². The number of rotatable bonds is 7. The molecule has 3 aromatic rings. The molecule has 1 N–H and O–H groups in total. The van der Waals surface area contributed by atoms with Gasteiger partial charge in [-0.3, -0.25) is 9.59 Å². The lowest BCUT2D eigenvalue weighted by atomic mass is 10.1. The molecule has 9 nitrogen and oxygen atoms in total. The molecular formula is C26H30N4O5S. The Morgan fingerprint density at radius 3 is 2.31 bits per heavy atom. The number of hydrogen-bond donors (Lipinski definition) is 1. The van der Waals surface area contributed by atoms with E-state index in [1.54, 1.807) is 66.6 Å². The number of hydrogen-bond acceptors (Lipinski definition) is 5. The van der Waals surface area contributed by atoms with Crippen LogP contribution in [0.5, 0.6) is 5.75 Å². The largest absolute Gasteiger partial charge is 0.497 e. The van der Waals surface area contributed by atoms with Gasteiger partial charge in [-0.1, -0.05) is 18.2 Å². The number of carbonyl (C=O) groups is 2. The number of carbonyl (C=O) groups excluding carboxylic acids is 2. The molecule has 0 bridgehead atoms. The van der Waals surface area contributed by atoms with Crippen molar-refractivity contribution in [2.75, 3.05) is 34.3 Å². The van der Waals surface area contributed by atoms with Crippen molar-refractivity contribution in [3.05, 3.63) is 71.6 Å². The van der Waals surface area contributed by atoms with Crippen LogP contribution >= 0.6 is 0 Å². The highest BCUT2D eigenvalue weighted by molar-refractivity contribution is 7.87. The molecule has 0 aliphatic carbocycles. The van der Waals surface area contributed by atoms with Crippen molar-refractivity contribution in [1.29, 1.82) is 0 Å². The quantitative estimate of drug-likeness (QED) is 0.493. The molecule has 1 fully saturated rings.